The quantitative estimate of drug-likeness (QED) is 0.482. The van der Waals surface area contributed by atoms with E-state index < -0.39 is 14.8 Å². The van der Waals surface area contributed by atoms with Crippen molar-refractivity contribution in [3.8, 4) is 0 Å². The van der Waals surface area contributed by atoms with E-state index in [0.29, 0.717) is 6.04 Å². The summed E-state index contributed by atoms with van der Waals surface area (Å²) in [6.07, 6.45) is 3.04. The van der Waals surface area contributed by atoms with Crippen LogP contribution in [0.1, 0.15) is 19.8 Å². The zero-order valence-corrected chi connectivity index (χ0v) is 10.0. The average molecular weight is 218 g/mol. The Balaban J connectivity index is 4.35. The van der Waals surface area contributed by atoms with Crippen molar-refractivity contribution in [2.24, 2.45) is 0 Å². The van der Waals surface area contributed by atoms with E-state index in [9.17, 15) is 4.79 Å². The van der Waals surface area contributed by atoms with Gasteiger partial charge in [-0.05, 0) is 6.42 Å². The highest BCUT2D eigenvalue weighted by atomic mass is 28.4. The lowest BCUT2D eigenvalue weighted by atomic mass is 10.4. The molecular formula is C9H18O4Si. The molecular weight excluding hydrogens is 200 g/mol. The third-order valence-electron chi connectivity index (χ3n) is 1.88. The highest BCUT2D eigenvalue weighted by Crippen LogP contribution is 2.17. The highest BCUT2D eigenvalue weighted by molar-refractivity contribution is 6.62. The van der Waals surface area contributed by atoms with E-state index >= 15 is 0 Å². The van der Waals surface area contributed by atoms with Crippen LogP contribution in [0.5, 0.6) is 0 Å². The molecule has 0 aromatic rings. The van der Waals surface area contributed by atoms with Gasteiger partial charge in [0.2, 0.25) is 0 Å². The largest absolute Gasteiger partial charge is 0.567 e. The van der Waals surface area contributed by atoms with Crippen molar-refractivity contribution in [2.75, 3.05) is 14.2 Å². The van der Waals surface area contributed by atoms with Crippen molar-refractivity contribution < 1.29 is 18.1 Å². The normalized spacial score (nSPS) is 11.1. The summed E-state index contributed by atoms with van der Waals surface area (Å²) in [6.45, 7) is 5.39. The van der Waals surface area contributed by atoms with E-state index in [0.717, 1.165) is 18.9 Å². The lowest BCUT2D eigenvalue weighted by Crippen LogP contribution is -2.45. The van der Waals surface area contributed by atoms with Gasteiger partial charge in [-0.25, -0.2) is 4.79 Å². The summed E-state index contributed by atoms with van der Waals surface area (Å²) in [5, 5.41) is 0. The monoisotopic (exact) mass is 218 g/mol. The van der Waals surface area contributed by atoms with Gasteiger partial charge in [0.25, 0.3) is 0 Å². The third-order valence-corrected chi connectivity index (χ3v) is 4.60. The molecule has 0 amide bonds. The molecule has 0 aliphatic rings. The first-order chi connectivity index (χ1) is 6.64. The molecule has 0 saturated heterocycles. The molecule has 0 radical (unpaired) electrons. The van der Waals surface area contributed by atoms with Gasteiger partial charge in [-0.15, -0.1) is 0 Å². The summed E-state index contributed by atoms with van der Waals surface area (Å²) in [5.74, 6) is -0.489. The zero-order chi connectivity index (χ0) is 11.0. The molecule has 0 heterocycles. The van der Waals surface area contributed by atoms with Gasteiger partial charge in [0, 0.05) is 26.3 Å². The zero-order valence-electron chi connectivity index (χ0n) is 9.04. The van der Waals surface area contributed by atoms with Crippen molar-refractivity contribution in [2.45, 2.75) is 25.8 Å². The maximum atomic E-state index is 11.0. The number of rotatable bonds is 7. The van der Waals surface area contributed by atoms with Gasteiger partial charge in [-0.2, -0.15) is 0 Å². The minimum absolute atomic E-state index is 0.489. The van der Waals surface area contributed by atoms with Crippen molar-refractivity contribution in [1.29, 1.82) is 0 Å². The lowest BCUT2D eigenvalue weighted by Gasteiger charge is -2.24. The van der Waals surface area contributed by atoms with Crippen LogP contribution < -0.4 is 0 Å². The van der Waals surface area contributed by atoms with E-state index in [1.807, 2.05) is 0 Å². The Hall–Kier alpha value is -0.653. The fourth-order valence-electron chi connectivity index (χ4n) is 1.01. The summed E-state index contributed by atoms with van der Waals surface area (Å²) in [6, 6.07) is 0.649. The Kier molecular flexibility index (Phi) is 6.43. The standard InChI is InChI=1S/C9H18O4Si/c1-5-7-8-14(11-3,12-4)13-9(10)6-2/h6H,2,5,7-8H2,1,3-4H3. The van der Waals surface area contributed by atoms with Gasteiger partial charge in [-0.3, -0.25) is 0 Å². The molecule has 0 fully saturated rings. The molecule has 0 N–H and O–H groups in total. The molecule has 0 bridgehead atoms. The summed E-state index contributed by atoms with van der Waals surface area (Å²) in [7, 11) is 0.234. The van der Waals surface area contributed by atoms with Crippen molar-refractivity contribution in [1.82, 2.24) is 0 Å². The van der Waals surface area contributed by atoms with Crippen LogP contribution in [0.2, 0.25) is 6.04 Å². The molecule has 0 atom stereocenters. The van der Waals surface area contributed by atoms with E-state index in [1.54, 1.807) is 0 Å². The van der Waals surface area contributed by atoms with Crippen molar-refractivity contribution >= 4 is 14.8 Å². The second-order valence-electron chi connectivity index (χ2n) is 2.82. The summed E-state index contributed by atoms with van der Waals surface area (Å²) in [4.78, 5) is 11.0. The molecule has 0 rings (SSSR count). The second kappa shape index (κ2) is 6.75. The second-order valence-corrected chi connectivity index (χ2v) is 5.71. The maximum absolute atomic E-state index is 11.0. The smallest absolute Gasteiger partial charge is 0.470 e. The Morgan fingerprint density at radius 3 is 2.36 bits per heavy atom. The first kappa shape index (κ1) is 13.3. The molecule has 0 aliphatic carbocycles. The Labute approximate surface area is 86.2 Å². The average Bonchev–Trinajstić information content (AvgIpc) is 2.24. The van der Waals surface area contributed by atoms with Crippen LogP contribution in [0, 0.1) is 0 Å². The van der Waals surface area contributed by atoms with Crippen LogP contribution in [0.4, 0.5) is 0 Å². The van der Waals surface area contributed by atoms with Crippen LogP contribution in [-0.4, -0.2) is 29.0 Å². The molecule has 14 heavy (non-hydrogen) atoms. The van der Waals surface area contributed by atoms with Gasteiger partial charge in [0.15, 0.2) is 0 Å². The fraction of sp³-hybridized carbons (Fsp3) is 0.667. The van der Waals surface area contributed by atoms with Crippen LogP contribution >= 0.6 is 0 Å². The van der Waals surface area contributed by atoms with E-state index in [1.165, 1.54) is 14.2 Å². The first-order valence-corrected chi connectivity index (χ1v) is 6.53. The number of unbranched alkanes of at least 4 members (excludes halogenated alkanes) is 1. The van der Waals surface area contributed by atoms with Crippen LogP contribution in [0.3, 0.4) is 0 Å². The minimum atomic E-state index is -2.77. The highest BCUT2D eigenvalue weighted by Gasteiger charge is 2.41. The van der Waals surface area contributed by atoms with Gasteiger partial charge >= 0.3 is 14.8 Å². The van der Waals surface area contributed by atoms with Crippen LogP contribution in [0.15, 0.2) is 12.7 Å². The Morgan fingerprint density at radius 2 is 2.00 bits per heavy atom. The molecule has 0 unspecified atom stereocenters. The SMILES string of the molecule is C=CC(=O)O[Si](CCCC)(OC)OC. The molecule has 82 valence electrons. The molecule has 0 aliphatic heterocycles. The Bertz CT molecular complexity index is 189. The van der Waals surface area contributed by atoms with Gasteiger partial charge < -0.3 is 13.3 Å². The minimum Gasteiger partial charge on any atom is -0.470 e. The molecule has 0 aromatic carbocycles. The topological polar surface area (TPSA) is 44.8 Å². The fourth-order valence-corrected chi connectivity index (χ4v) is 3.03. The predicted octanol–water partition coefficient (Wildman–Crippen LogP) is 1.75. The van der Waals surface area contributed by atoms with Gasteiger partial charge in [-0.1, -0.05) is 19.9 Å². The van der Waals surface area contributed by atoms with Gasteiger partial charge in [0.05, 0.1) is 0 Å². The van der Waals surface area contributed by atoms with E-state index in [-0.39, 0.29) is 0 Å². The molecule has 0 aromatic heterocycles. The third kappa shape index (κ3) is 4.04. The summed E-state index contributed by atoms with van der Waals surface area (Å²) < 4.78 is 15.5. The van der Waals surface area contributed by atoms with E-state index in [4.69, 9.17) is 13.3 Å². The van der Waals surface area contributed by atoms with Crippen molar-refractivity contribution in [3.63, 3.8) is 0 Å². The number of carbonyl (C=O) groups excluding carboxylic acids is 1. The molecule has 0 saturated carbocycles. The number of hydrogen-bond donors (Lipinski definition) is 0. The predicted molar refractivity (Wildman–Crippen MR) is 55.8 cm³/mol. The molecule has 5 heteroatoms. The van der Waals surface area contributed by atoms with Crippen LogP contribution in [0.25, 0.3) is 0 Å². The Morgan fingerprint density at radius 1 is 1.43 bits per heavy atom. The first-order valence-electron chi connectivity index (χ1n) is 4.59. The maximum Gasteiger partial charge on any atom is 0.567 e. The summed E-state index contributed by atoms with van der Waals surface area (Å²) >= 11 is 0. The summed E-state index contributed by atoms with van der Waals surface area (Å²) in [5.41, 5.74) is 0. The van der Waals surface area contributed by atoms with Gasteiger partial charge in [0.1, 0.15) is 0 Å². The molecule has 0 spiro atoms. The lowest BCUT2D eigenvalue weighted by molar-refractivity contribution is -0.133. The molecule has 4 nitrogen and oxygen atoms in total. The van der Waals surface area contributed by atoms with Crippen molar-refractivity contribution in [3.05, 3.63) is 12.7 Å². The number of hydrogen-bond acceptors (Lipinski definition) is 4. The number of carbonyl (C=O) groups is 1. The van der Waals surface area contributed by atoms with E-state index in [2.05, 4.69) is 13.5 Å². The van der Waals surface area contributed by atoms with Crippen LogP contribution in [-0.2, 0) is 18.1 Å².